The second-order valence-corrected chi connectivity index (χ2v) is 5.80. The van der Waals surface area contributed by atoms with Crippen LogP contribution < -0.4 is 11.1 Å². The Hall–Kier alpha value is -2.81. The predicted octanol–water partition coefficient (Wildman–Crippen LogP) is 0.359. The fraction of sp³-hybridized carbons (Fsp3) is 0.500. The number of carbonyl (C=O) groups excluding carboxylic acids is 3. The van der Waals surface area contributed by atoms with E-state index in [4.69, 9.17) is 15.2 Å². The zero-order chi connectivity index (χ0) is 20.4. The molecule has 5 N–H and O–H groups in total. The van der Waals surface area contributed by atoms with E-state index in [1.165, 1.54) is 18.2 Å². The first-order valence-electron chi connectivity index (χ1n) is 8.67. The van der Waals surface area contributed by atoms with Gasteiger partial charge >= 0.3 is 11.9 Å². The van der Waals surface area contributed by atoms with Crippen molar-refractivity contribution in [2.75, 3.05) is 13.2 Å². The van der Waals surface area contributed by atoms with E-state index in [0.717, 1.165) is 0 Å². The van der Waals surface area contributed by atoms with E-state index in [0.29, 0.717) is 5.56 Å². The summed E-state index contributed by atoms with van der Waals surface area (Å²) in [5.41, 5.74) is 6.17. The van der Waals surface area contributed by atoms with Gasteiger partial charge in [0, 0.05) is 12.8 Å². The van der Waals surface area contributed by atoms with Gasteiger partial charge in [-0.05, 0) is 38.0 Å². The second-order valence-electron chi connectivity index (χ2n) is 5.80. The molecule has 0 aliphatic rings. The first kappa shape index (κ1) is 22.2. The molecule has 0 spiro atoms. The first-order valence-corrected chi connectivity index (χ1v) is 8.67. The van der Waals surface area contributed by atoms with Crippen LogP contribution in [0.25, 0.3) is 0 Å². The van der Waals surface area contributed by atoms with E-state index in [9.17, 15) is 24.6 Å². The van der Waals surface area contributed by atoms with E-state index in [2.05, 4.69) is 5.32 Å². The van der Waals surface area contributed by atoms with E-state index in [1.54, 1.807) is 13.8 Å². The third-order valence-electron chi connectivity index (χ3n) is 3.66. The summed E-state index contributed by atoms with van der Waals surface area (Å²) in [6.45, 7) is 3.63. The van der Waals surface area contributed by atoms with Gasteiger partial charge in [0.15, 0.2) is 11.5 Å². The third kappa shape index (κ3) is 7.53. The van der Waals surface area contributed by atoms with Crippen LogP contribution in [-0.4, -0.2) is 53.4 Å². The molecule has 0 unspecified atom stereocenters. The zero-order valence-electron chi connectivity index (χ0n) is 15.4. The number of hydrogen-bond donors (Lipinski definition) is 4. The lowest BCUT2D eigenvalue weighted by Gasteiger charge is -2.18. The molecule has 1 aromatic carbocycles. The molecule has 0 fully saturated rings. The molecule has 0 aliphatic heterocycles. The number of carbonyl (C=O) groups is 3. The van der Waals surface area contributed by atoms with Crippen molar-refractivity contribution in [1.82, 2.24) is 5.32 Å². The average Bonchev–Trinajstić information content (AvgIpc) is 2.62. The molecule has 0 heterocycles. The highest BCUT2D eigenvalue weighted by Crippen LogP contribution is 2.25. The van der Waals surface area contributed by atoms with Gasteiger partial charge in [-0.15, -0.1) is 0 Å². The van der Waals surface area contributed by atoms with Crippen molar-refractivity contribution in [3.05, 3.63) is 23.8 Å². The van der Waals surface area contributed by atoms with E-state index >= 15 is 0 Å². The molecule has 0 saturated heterocycles. The highest BCUT2D eigenvalue weighted by atomic mass is 16.5. The minimum absolute atomic E-state index is 0.0579. The van der Waals surface area contributed by atoms with Crippen molar-refractivity contribution in [3.63, 3.8) is 0 Å². The topological polar surface area (TPSA) is 148 Å². The smallest absolute Gasteiger partial charge is 0.328 e. The molecule has 0 bridgehead atoms. The standard InChI is InChI=1S/C18H26N2O7/c1-3-26-17(24)12(19)6-8-16(23)20-13(18(25)27-4-2)9-11-5-7-14(21)15(22)10-11/h5,7,10,12-13,21-22H,3-4,6,8-9,19H2,1-2H3,(H,20,23)/t12-,13-/m0/s1. The van der Waals surface area contributed by atoms with Gasteiger partial charge in [0.1, 0.15) is 12.1 Å². The summed E-state index contributed by atoms with van der Waals surface area (Å²) in [5.74, 6) is -2.32. The first-order chi connectivity index (χ1) is 12.8. The summed E-state index contributed by atoms with van der Waals surface area (Å²) in [6.07, 6.45) is 0.0548. The molecule has 0 radical (unpaired) electrons. The van der Waals surface area contributed by atoms with Gasteiger partial charge in [0.05, 0.1) is 13.2 Å². The van der Waals surface area contributed by atoms with Crippen molar-refractivity contribution in [1.29, 1.82) is 0 Å². The number of nitrogens with two attached hydrogens (primary N) is 1. The Morgan fingerprint density at radius 2 is 1.70 bits per heavy atom. The fourth-order valence-corrected chi connectivity index (χ4v) is 2.29. The van der Waals surface area contributed by atoms with Crippen LogP contribution in [0.3, 0.4) is 0 Å². The number of phenolic OH excluding ortho intramolecular Hbond substituents is 2. The van der Waals surface area contributed by atoms with Crippen molar-refractivity contribution >= 4 is 17.8 Å². The Labute approximate surface area is 157 Å². The SMILES string of the molecule is CCOC(=O)[C@H](Cc1ccc(O)c(O)c1)NC(=O)CC[C@H](N)C(=O)OCC. The second kappa shape index (κ2) is 11.0. The molecule has 27 heavy (non-hydrogen) atoms. The van der Waals surface area contributed by atoms with Crippen LogP contribution in [0.15, 0.2) is 18.2 Å². The molecule has 1 rings (SSSR count). The van der Waals surface area contributed by atoms with Gasteiger partial charge in [-0.1, -0.05) is 6.07 Å². The Kier molecular flexibility index (Phi) is 9.07. The molecule has 0 saturated carbocycles. The van der Waals surface area contributed by atoms with Crippen LogP contribution in [0.2, 0.25) is 0 Å². The number of benzene rings is 1. The molecular formula is C18H26N2O7. The molecule has 9 nitrogen and oxygen atoms in total. The Morgan fingerprint density at radius 1 is 1.07 bits per heavy atom. The molecular weight excluding hydrogens is 356 g/mol. The van der Waals surface area contributed by atoms with E-state index < -0.39 is 29.9 Å². The number of amides is 1. The highest BCUT2D eigenvalue weighted by molar-refractivity contribution is 5.85. The monoisotopic (exact) mass is 382 g/mol. The molecule has 2 atom stereocenters. The molecule has 1 amide bonds. The third-order valence-corrected chi connectivity index (χ3v) is 3.66. The van der Waals surface area contributed by atoms with Gasteiger partial charge in [-0.2, -0.15) is 0 Å². The van der Waals surface area contributed by atoms with Crippen LogP contribution in [0.4, 0.5) is 0 Å². The van der Waals surface area contributed by atoms with Crippen molar-refractivity contribution in [2.24, 2.45) is 5.73 Å². The van der Waals surface area contributed by atoms with E-state index in [1.807, 2.05) is 0 Å². The van der Waals surface area contributed by atoms with Crippen molar-refractivity contribution < 1.29 is 34.1 Å². The lowest BCUT2D eigenvalue weighted by Crippen LogP contribution is -2.44. The predicted molar refractivity (Wildman–Crippen MR) is 95.9 cm³/mol. The Morgan fingerprint density at radius 3 is 2.30 bits per heavy atom. The number of hydrogen-bond acceptors (Lipinski definition) is 8. The maximum atomic E-state index is 12.1. The minimum atomic E-state index is -0.986. The normalized spacial score (nSPS) is 12.7. The van der Waals surface area contributed by atoms with Crippen molar-refractivity contribution in [3.8, 4) is 11.5 Å². The summed E-state index contributed by atoms with van der Waals surface area (Å²) in [6, 6.07) is 2.19. The van der Waals surface area contributed by atoms with Crippen LogP contribution in [-0.2, 0) is 30.3 Å². The lowest BCUT2D eigenvalue weighted by molar-refractivity contribution is -0.148. The van der Waals surface area contributed by atoms with Crippen LogP contribution in [0, 0.1) is 0 Å². The summed E-state index contributed by atoms with van der Waals surface area (Å²) >= 11 is 0. The van der Waals surface area contributed by atoms with Gasteiger partial charge in [-0.25, -0.2) is 4.79 Å². The fourth-order valence-electron chi connectivity index (χ4n) is 2.29. The maximum absolute atomic E-state index is 12.1. The van der Waals surface area contributed by atoms with Gasteiger partial charge in [-0.3, -0.25) is 9.59 Å². The largest absolute Gasteiger partial charge is 0.504 e. The minimum Gasteiger partial charge on any atom is -0.504 e. The number of aromatic hydroxyl groups is 2. The van der Waals surface area contributed by atoms with Crippen molar-refractivity contribution in [2.45, 2.75) is 45.2 Å². The van der Waals surface area contributed by atoms with Gasteiger partial charge in [0.2, 0.25) is 5.91 Å². The Balaban J connectivity index is 2.71. The number of phenols is 2. The molecule has 0 aromatic heterocycles. The van der Waals surface area contributed by atoms with Crippen LogP contribution in [0.5, 0.6) is 11.5 Å². The highest BCUT2D eigenvalue weighted by Gasteiger charge is 2.24. The lowest BCUT2D eigenvalue weighted by atomic mass is 10.0. The van der Waals surface area contributed by atoms with Crippen LogP contribution in [0.1, 0.15) is 32.3 Å². The summed E-state index contributed by atoms with van der Waals surface area (Å²) in [5, 5.41) is 21.5. The van der Waals surface area contributed by atoms with Crippen LogP contribution >= 0.6 is 0 Å². The van der Waals surface area contributed by atoms with Gasteiger partial charge in [0.25, 0.3) is 0 Å². The quantitative estimate of drug-likeness (QED) is 0.335. The molecule has 150 valence electrons. The number of nitrogens with one attached hydrogen (secondary N) is 1. The molecule has 9 heteroatoms. The average molecular weight is 382 g/mol. The number of ether oxygens (including phenoxy) is 2. The maximum Gasteiger partial charge on any atom is 0.328 e. The molecule has 0 aliphatic carbocycles. The summed E-state index contributed by atoms with van der Waals surface area (Å²) < 4.78 is 9.74. The van der Waals surface area contributed by atoms with E-state index in [-0.39, 0.29) is 44.0 Å². The number of rotatable bonds is 10. The molecule has 1 aromatic rings. The summed E-state index contributed by atoms with van der Waals surface area (Å²) in [4.78, 5) is 35.7. The Bertz CT molecular complexity index is 663. The van der Waals surface area contributed by atoms with Gasteiger partial charge < -0.3 is 30.7 Å². The summed E-state index contributed by atoms with van der Waals surface area (Å²) in [7, 11) is 0. The number of esters is 2. The zero-order valence-corrected chi connectivity index (χ0v) is 15.4.